The molecule has 0 amide bonds. The molecule has 2 nitrogen and oxygen atoms in total. The van der Waals surface area contributed by atoms with E-state index in [9.17, 15) is 0 Å². The average Bonchev–Trinajstić information content (AvgIpc) is 3.37. The van der Waals surface area contributed by atoms with E-state index in [-0.39, 0.29) is 5.41 Å². The van der Waals surface area contributed by atoms with Crippen LogP contribution in [0.4, 0.5) is 0 Å². The van der Waals surface area contributed by atoms with Gasteiger partial charge in [0, 0.05) is 27.6 Å². The van der Waals surface area contributed by atoms with Crippen molar-refractivity contribution in [3.8, 4) is 39.4 Å². The Kier molecular flexibility index (Phi) is 5.20. The number of para-hydroxylation sites is 2. The Morgan fingerprint density at radius 3 is 1.83 bits per heavy atom. The highest BCUT2D eigenvalue weighted by molar-refractivity contribution is 6.13. The first kappa shape index (κ1) is 23.8. The number of rotatable bonds is 3. The van der Waals surface area contributed by atoms with E-state index >= 15 is 0 Å². The van der Waals surface area contributed by atoms with E-state index in [0.29, 0.717) is 0 Å². The predicted molar refractivity (Wildman–Crippen MR) is 170 cm³/mol. The van der Waals surface area contributed by atoms with Gasteiger partial charge in [-0.15, -0.1) is 0 Å². The second kappa shape index (κ2) is 8.97. The van der Waals surface area contributed by atoms with Crippen molar-refractivity contribution in [2.75, 3.05) is 0 Å². The quantitative estimate of drug-likeness (QED) is 0.223. The van der Waals surface area contributed by atoms with E-state index < -0.39 is 0 Å². The van der Waals surface area contributed by atoms with Gasteiger partial charge in [-0.3, -0.25) is 0 Å². The molecule has 2 heteroatoms. The van der Waals surface area contributed by atoms with E-state index in [1.807, 2.05) is 0 Å². The summed E-state index contributed by atoms with van der Waals surface area (Å²) in [5.74, 6) is 1.90. The van der Waals surface area contributed by atoms with Gasteiger partial charge in [0.25, 0.3) is 0 Å². The average molecular weight is 528 g/mol. The van der Waals surface area contributed by atoms with E-state index in [2.05, 4.69) is 158 Å². The number of hydrogen-bond donors (Lipinski definition) is 0. The molecular weight excluding hydrogens is 498 g/mol. The highest BCUT2D eigenvalue weighted by atomic mass is 16.5. The van der Waals surface area contributed by atoms with Gasteiger partial charge in [0.1, 0.15) is 11.5 Å². The fraction of sp³-hybridized carbons (Fsp3) is 0.0769. The van der Waals surface area contributed by atoms with Crippen LogP contribution in [0, 0.1) is 0 Å². The van der Waals surface area contributed by atoms with Crippen LogP contribution in [0.3, 0.4) is 0 Å². The Hall–Kier alpha value is -5.08. The minimum absolute atomic E-state index is 0.171. The number of hydrogen-bond acceptors (Lipinski definition) is 1. The maximum Gasteiger partial charge on any atom is 0.141 e. The molecule has 1 aliphatic rings. The lowest BCUT2D eigenvalue weighted by Gasteiger charge is -2.34. The van der Waals surface area contributed by atoms with Crippen molar-refractivity contribution in [3.63, 3.8) is 0 Å². The Morgan fingerprint density at radius 2 is 1.12 bits per heavy atom. The lowest BCUT2D eigenvalue weighted by atomic mass is 9.75. The molecule has 0 atom stereocenters. The monoisotopic (exact) mass is 527 g/mol. The first-order valence-electron chi connectivity index (χ1n) is 14.2. The van der Waals surface area contributed by atoms with Gasteiger partial charge in [-0.25, -0.2) is 0 Å². The molecule has 0 unspecified atom stereocenters. The smallest absolute Gasteiger partial charge is 0.141 e. The third-order valence-electron chi connectivity index (χ3n) is 8.63. The summed E-state index contributed by atoms with van der Waals surface area (Å²) in [5.41, 5.74) is 10.5. The van der Waals surface area contributed by atoms with Gasteiger partial charge < -0.3 is 9.30 Å². The molecular formula is C39H29NO. The topological polar surface area (TPSA) is 14.2 Å². The van der Waals surface area contributed by atoms with Gasteiger partial charge in [0.05, 0.1) is 16.4 Å². The van der Waals surface area contributed by atoms with Crippen molar-refractivity contribution in [2.24, 2.45) is 0 Å². The first-order valence-corrected chi connectivity index (χ1v) is 14.2. The fourth-order valence-electron chi connectivity index (χ4n) is 6.57. The maximum atomic E-state index is 6.76. The summed E-state index contributed by atoms with van der Waals surface area (Å²) in [6.07, 6.45) is 0. The number of nitrogens with zero attached hydrogens (tertiary/aromatic N) is 1. The zero-order valence-electron chi connectivity index (χ0n) is 23.1. The second-order valence-electron chi connectivity index (χ2n) is 11.4. The Morgan fingerprint density at radius 1 is 0.512 bits per heavy atom. The molecule has 41 heavy (non-hydrogen) atoms. The fourth-order valence-corrected chi connectivity index (χ4v) is 6.57. The SMILES string of the molecule is CC1(C)c2ccccc2Oc2c1ccc1c2c2ccccc2n1-c1cc(-c2ccccc2)cc(-c2ccccc2)c1. The van der Waals surface area contributed by atoms with Crippen LogP contribution in [0.25, 0.3) is 49.7 Å². The Balaban J connectivity index is 1.44. The zero-order chi connectivity index (χ0) is 27.6. The van der Waals surface area contributed by atoms with Gasteiger partial charge in [0.15, 0.2) is 0 Å². The molecule has 0 saturated heterocycles. The molecule has 0 spiro atoms. The van der Waals surface area contributed by atoms with Crippen molar-refractivity contribution >= 4 is 21.8 Å². The number of aromatic nitrogens is 1. The van der Waals surface area contributed by atoms with Crippen molar-refractivity contribution < 1.29 is 4.74 Å². The van der Waals surface area contributed by atoms with E-state index in [1.54, 1.807) is 0 Å². The molecule has 0 aliphatic carbocycles. The van der Waals surface area contributed by atoms with E-state index in [4.69, 9.17) is 4.74 Å². The highest BCUT2D eigenvalue weighted by Gasteiger charge is 2.36. The molecule has 6 aromatic carbocycles. The summed E-state index contributed by atoms with van der Waals surface area (Å²) in [6, 6.07) is 49.9. The minimum atomic E-state index is -0.171. The van der Waals surface area contributed by atoms with Crippen LogP contribution < -0.4 is 4.74 Å². The summed E-state index contributed by atoms with van der Waals surface area (Å²) >= 11 is 0. The lowest BCUT2D eigenvalue weighted by molar-refractivity contribution is 0.423. The predicted octanol–water partition coefficient (Wildman–Crippen LogP) is 10.5. The van der Waals surface area contributed by atoms with Crippen LogP contribution >= 0.6 is 0 Å². The molecule has 0 fully saturated rings. The van der Waals surface area contributed by atoms with E-state index in [0.717, 1.165) is 28.1 Å². The van der Waals surface area contributed by atoms with Crippen LogP contribution in [0.15, 0.2) is 140 Å². The Bertz CT molecular complexity index is 2030. The molecule has 1 aromatic heterocycles. The molecule has 0 N–H and O–H groups in total. The number of fused-ring (bicyclic) bond motifs is 6. The second-order valence-corrected chi connectivity index (χ2v) is 11.4. The summed E-state index contributed by atoms with van der Waals surface area (Å²) in [5, 5.41) is 2.35. The van der Waals surface area contributed by atoms with Crippen LogP contribution in [-0.2, 0) is 5.41 Å². The first-order chi connectivity index (χ1) is 20.1. The molecule has 196 valence electrons. The van der Waals surface area contributed by atoms with Gasteiger partial charge in [0.2, 0.25) is 0 Å². The van der Waals surface area contributed by atoms with Crippen LogP contribution in [0.1, 0.15) is 25.0 Å². The van der Waals surface area contributed by atoms with Gasteiger partial charge >= 0.3 is 0 Å². The van der Waals surface area contributed by atoms with Gasteiger partial charge in [-0.2, -0.15) is 0 Å². The van der Waals surface area contributed by atoms with E-state index in [1.165, 1.54) is 44.3 Å². The molecule has 0 saturated carbocycles. The molecule has 2 heterocycles. The molecule has 0 bridgehead atoms. The summed E-state index contributed by atoms with van der Waals surface area (Å²) in [7, 11) is 0. The van der Waals surface area contributed by atoms with Crippen LogP contribution in [-0.4, -0.2) is 4.57 Å². The van der Waals surface area contributed by atoms with Gasteiger partial charge in [-0.1, -0.05) is 117 Å². The molecule has 8 rings (SSSR count). The third kappa shape index (κ3) is 3.64. The largest absolute Gasteiger partial charge is 0.456 e. The Labute approximate surface area is 240 Å². The van der Waals surface area contributed by atoms with Crippen molar-refractivity contribution in [3.05, 3.63) is 151 Å². The third-order valence-corrected chi connectivity index (χ3v) is 8.63. The number of benzene rings is 6. The summed E-state index contributed by atoms with van der Waals surface area (Å²) < 4.78 is 9.16. The van der Waals surface area contributed by atoms with Crippen molar-refractivity contribution in [1.29, 1.82) is 0 Å². The normalized spacial score (nSPS) is 13.5. The zero-order valence-corrected chi connectivity index (χ0v) is 23.1. The van der Waals surface area contributed by atoms with Gasteiger partial charge in [-0.05, 0) is 58.7 Å². The van der Waals surface area contributed by atoms with Crippen LogP contribution in [0.5, 0.6) is 11.5 Å². The molecule has 0 radical (unpaired) electrons. The van der Waals surface area contributed by atoms with Crippen molar-refractivity contribution in [2.45, 2.75) is 19.3 Å². The molecule has 7 aromatic rings. The lowest BCUT2D eigenvalue weighted by Crippen LogP contribution is -2.24. The van der Waals surface area contributed by atoms with Crippen molar-refractivity contribution in [1.82, 2.24) is 4.57 Å². The van der Waals surface area contributed by atoms with Crippen LogP contribution in [0.2, 0.25) is 0 Å². The summed E-state index contributed by atoms with van der Waals surface area (Å²) in [4.78, 5) is 0. The summed E-state index contributed by atoms with van der Waals surface area (Å²) in [6.45, 7) is 4.60. The highest BCUT2D eigenvalue weighted by Crippen LogP contribution is 2.52. The molecule has 1 aliphatic heterocycles. The number of ether oxygens (including phenoxy) is 1. The maximum absolute atomic E-state index is 6.76. The standard InChI is InChI=1S/C39H29NO/c1-39(2)32-18-10-12-20-36(32)41-38-33(39)21-22-35-37(38)31-17-9-11-19-34(31)40(35)30-24-28(26-13-5-3-6-14-26)23-29(25-30)27-15-7-4-8-16-27/h3-25H,1-2H3. The minimum Gasteiger partial charge on any atom is -0.456 e.